The molecule has 10 heteroatoms. The Hall–Kier alpha value is -3.11. The highest BCUT2D eigenvalue weighted by Crippen LogP contribution is 2.29. The maximum Gasteiger partial charge on any atom is 0.289 e. The van der Waals surface area contributed by atoms with Crippen LogP contribution in [0, 0.1) is 5.82 Å². The van der Waals surface area contributed by atoms with Gasteiger partial charge in [-0.1, -0.05) is 12.1 Å². The first-order valence-electron chi connectivity index (χ1n) is 10.9. The van der Waals surface area contributed by atoms with Crippen LogP contribution in [0.2, 0.25) is 0 Å². The fraction of sp³-hybridized carbons (Fsp3) is 0.455. The van der Waals surface area contributed by atoms with Gasteiger partial charge >= 0.3 is 0 Å². The third-order valence-electron chi connectivity index (χ3n) is 6.09. The van der Waals surface area contributed by atoms with E-state index in [4.69, 9.17) is 9.15 Å². The van der Waals surface area contributed by atoms with Crippen LogP contribution in [0.25, 0.3) is 0 Å². The highest BCUT2D eigenvalue weighted by Gasteiger charge is 2.33. The topological polar surface area (TPSA) is 89.5 Å². The molecule has 0 spiro atoms. The third-order valence-corrected chi connectivity index (χ3v) is 6.09. The standard InChI is InChI=1S/C22H25FN6O3/c23-17-7-5-16(6-8-17)20(21-24-25-26-29(21)15-18-3-1-13-31-18)27-9-11-28(12-10-27)22(30)19-4-2-14-32-19/h2,4-8,14,18,20H,1,3,9-13,15H2/t18-,20+/m1/s1. The summed E-state index contributed by atoms with van der Waals surface area (Å²) < 4.78 is 26.5. The molecule has 0 radical (unpaired) electrons. The molecule has 2 aliphatic heterocycles. The molecule has 2 saturated heterocycles. The van der Waals surface area contributed by atoms with Crippen molar-refractivity contribution in [1.82, 2.24) is 30.0 Å². The van der Waals surface area contributed by atoms with E-state index in [0.717, 1.165) is 25.0 Å². The Balaban J connectivity index is 1.38. The molecule has 9 nitrogen and oxygen atoms in total. The molecule has 0 aliphatic carbocycles. The van der Waals surface area contributed by atoms with E-state index in [1.807, 2.05) is 0 Å². The lowest BCUT2D eigenvalue weighted by Gasteiger charge is -2.38. The minimum Gasteiger partial charge on any atom is -0.459 e. The van der Waals surface area contributed by atoms with Crippen LogP contribution in [0.15, 0.2) is 47.1 Å². The maximum atomic E-state index is 13.6. The van der Waals surface area contributed by atoms with Crippen LogP contribution in [0.3, 0.4) is 0 Å². The van der Waals surface area contributed by atoms with Gasteiger partial charge in [-0.25, -0.2) is 9.07 Å². The minimum absolute atomic E-state index is 0.0916. The number of carbonyl (C=O) groups is 1. The number of piperazine rings is 1. The minimum atomic E-state index is -0.291. The molecule has 1 amide bonds. The summed E-state index contributed by atoms with van der Waals surface area (Å²) in [7, 11) is 0. The number of benzene rings is 1. The molecular weight excluding hydrogens is 415 g/mol. The van der Waals surface area contributed by atoms with Gasteiger partial charge in [-0.05, 0) is 53.1 Å². The summed E-state index contributed by atoms with van der Waals surface area (Å²) in [6, 6.07) is 9.57. The molecule has 0 saturated carbocycles. The van der Waals surface area contributed by atoms with E-state index in [-0.39, 0.29) is 23.9 Å². The second-order valence-corrected chi connectivity index (χ2v) is 8.11. The van der Waals surface area contributed by atoms with Crippen molar-refractivity contribution in [3.05, 3.63) is 65.6 Å². The van der Waals surface area contributed by atoms with Gasteiger partial charge in [-0.15, -0.1) is 5.10 Å². The van der Waals surface area contributed by atoms with Crippen LogP contribution >= 0.6 is 0 Å². The van der Waals surface area contributed by atoms with Crippen molar-refractivity contribution >= 4 is 5.91 Å². The monoisotopic (exact) mass is 440 g/mol. The van der Waals surface area contributed by atoms with Crippen LogP contribution in [0.4, 0.5) is 4.39 Å². The molecule has 2 atom stereocenters. The summed E-state index contributed by atoms with van der Waals surface area (Å²) in [4.78, 5) is 16.7. The van der Waals surface area contributed by atoms with E-state index >= 15 is 0 Å². The average molecular weight is 440 g/mol. The van der Waals surface area contributed by atoms with Gasteiger partial charge in [0.2, 0.25) is 0 Å². The van der Waals surface area contributed by atoms with Gasteiger partial charge < -0.3 is 14.1 Å². The molecule has 0 bridgehead atoms. The van der Waals surface area contributed by atoms with Crippen LogP contribution in [-0.4, -0.2) is 74.8 Å². The molecule has 3 aromatic rings. The van der Waals surface area contributed by atoms with E-state index in [9.17, 15) is 9.18 Å². The van der Waals surface area contributed by atoms with Crippen LogP contribution in [0.1, 0.15) is 40.8 Å². The first-order chi connectivity index (χ1) is 15.7. The fourth-order valence-corrected chi connectivity index (χ4v) is 4.43. The quantitative estimate of drug-likeness (QED) is 0.580. The zero-order chi connectivity index (χ0) is 21.9. The van der Waals surface area contributed by atoms with Crippen molar-refractivity contribution in [1.29, 1.82) is 0 Å². The van der Waals surface area contributed by atoms with Crippen LogP contribution < -0.4 is 0 Å². The van der Waals surface area contributed by atoms with Gasteiger partial charge in [0.1, 0.15) is 5.82 Å². The Labute approximate surface area is 184 Å². The van der Waals surface area contributed by atoms with Crippen molar-refractivity contribution in [2.45, 2.75) is 31.5 Å². The molecular formula is C22H25FN6O3. The molecule has 2 aliphatic rings. The third kappa shape index (κ3) is 4.28. The van der Waals surface area contributed by atoms with E-state index in [1.54, 1.807) is 33.8 Å². The summed E-state index contributed by atoms with van der Waals surface area (Å²) in [5, 5.41) is 12.5. The molecule has 0 N–H and O–H groups in total. The van der Waals surface area contributed by atoms with Gasteiger partial charge in [0.25, 0.3) is 5.91 Å². The molecule has 1 aromatic carbocycles. The van der Waals surface area contributed by atoms with Crippen LogP contribution in [-0.2, 0) is 11.3 Å². The number of halogens is 1. The van der Waals surface area contributed by atoms with E-state index in [0.29, 0.717) is 44.3 Å². The number of furan rings is 1. The molecule has 32 heavy (non-hydrogen) atoms. The molecule has 168 valence electrons. The number of aromatic nitrogens is 4. The van der Waals surface area contributed by atoms with Gasteiger partial charge in [0.05, 0.1) is 25.0 Å². The largest absolute Gasteiger partial charge is 0.459 e. The number of ether oxygens (including phenoxy) is 1. The molecule has 5 rings (SSSR count). The summed E-state index contributed by atoms with van der Waals surface area (Å²) in [5.74, 6) is 0.628. The zero-order valence-electron chi connectivity index (χ0n) is 17.6. The number of carbonyl (C=O) groups excluding carboxylic acids is 1. The van der Waals surface area contributed by atoms with Crippen molar-refractivity contribution in [3.63, 3.8) is 0 Å². The van der Waals surface area contributed by atoms with Crippen molar-refractivity contribution < 1.29 is 18.3 Å². The molecule has 0 unspecified atom stereocenters. The second kappa shape index (κ2) is 9.17. The lowest BCUT2D eigenvalue weighted by atomic mass is 10.0. The zero-order valence-corrected chi connectivity index (χ0v) is 17.6. The molecule has 4 heterocycles. The van der Waals surface area contributed by atoms with Gasteiger partial charge in [-0.2, -0.15) is 0 Å². The smallest absolute Gasteiger partial charge is 0.289 e. The lowest BCUT2D eigenvalue weighted by molar-refractivity contribution is 0.0551. The Morgan fingerprint density at radius 3 is 2.66 bits per heavy atom. The van der Waals surface area contributed by atoms with E-state index < -0.39 is 0 Å². The lowest BCUT2D eigenvalue weighted by Crippen LogP contribution is -2.50. The fourth-order valence-electron chi connectivity index (χ4n) is 4.43. The number of hydrogen-bond donors (Lipinski definition) is 0. The number of rotatable bonds is 6. The number of tetrazole rings is 1. The summed E-state index contributed by atoms with van der Waals surface area (Å²) >= 11 is 0. The number of amides is 1. The SMILES string of the molecule is O=C(c1ccco1)N1CCN([C@@H](c2ccc(F)cc2)c2nnnn2C[C@H]2CCCO2)CC1. The predicted molar refractivity (Wildman–Crippen MR) is 111 cm³/mol. The summed E-state index contributed by atoms with van der Waals surface area (Å²) in [5.41, 5.74) is 0.903. The van der Waals surface area contributed by atoms with Crippen LogP contribution in [0.5, 0.6) is 0 Å². The van der Waals surface area contributed by atoms with Gasteiger partial charge in [0, 0.05) is 32.8 Å². The normalized spacial score (nSPS) is 20.5. The Morgan fingerprint density at radius 2 is 1.97 bits per heavy atom. The Kier molecular flexibility index (Phi) is 5.95. The van der Waals surface area contributed by atoms with Crippen molar-refractivity contribution in [3.8, 4) is 0 Å². The molecule has 2 aromatic heterocycles. The van der Waals surface area contributed by atoms with Crippen molar-refractivity contribution in [2.75, 3.05) is 32.8 Å². The maximum absolute atomic E-state index is 13.6. The number of nitrogens with zero attached hydrogens (tertiary/aromatic N) is 6. The van der Waals surface area contributed by atoms with E-state index in [1.165, 1.54) is 18.4 Å². The summed E-state index contributed by atoms with van der Waals surface area (Å²) in [6.45, 7) is 3.68. The summed E-state index contributed by atoms with van der Waals surface area (Å²) in [6.07, 6.45) is 3.61. The highest BCUT2D eigenvalue weighted by molar-refractivity contribution is 5.91. The first-order valence-corrected chi connectivity index (χ1v) is 10.9. The predicted octanol–water partition coefficient (Wildman–Crippen LogP) is 2.13. The van der Waals surface area contributed by atoms with Gasteiger partial charge in [-0.3, -0.25) is 9.69 Å². The molecule has 2 fully saturated rings. The van der Waals surface area contributed by atoms with Gasteiger partial charge in [0.15, 0.2) is 11.6 Å². The van der Waals surface area contributed by atoms with E-state index in [2.05, 4.69) is 20.4 Å². The average Bonchev–Trinajstić information content (AvgIpc) is 3.60. The van der Waals surface area contributed by atoms with Crippen molar-refractivity contribution in [2.24, 2.45) is 0 Å². The first kappa shape index (κ1) is 20.8. The Morgan fingerprint density at radius 1 is 1.16 bits per heavy atom. The highest BCUT2D eigenvalue weighted by atomic mass is 19.1. The number of hydrogen-bond acceptors (Lipinski definition) is 7. The second-order valence-electron chi connectivity index (χ2n) is 8.11. The Bertz CT molecular complexity index is 1020.